The molecule has 0 radical (unpaired) electrons. The fraction of sp³-hybridized carbons (Fsp3) is 0.192. The zero-order chi connectivity index (χ0) is 22.4. The number of aromatic amines is 1. The molecule has 0 unspecified atom stereocenters. The van der Waals surface area contributed by atoms with Gasteiger partial charge in [0.25, 0.3) is 0 Å². The van der Waals surface area contributed by atoms with Crippen molar-refractivity contribution in [2.24, 2.45) is 0 Å². The fourth-order valence-electron chi connectivity index (χ4n) is 4.53. The second-order valence-electron chi connectivity index (χ2n) is 8.35. The summed E-state index contributed by atoms with van der Waals surface area (Å²) in [6, 6.07) is 17.6. The highest BCUT2D eigenvalue weighted by atomic mass is 35.5. The lowest BCUT2D eigenvalue weighted by molar-refractivity contribution is 0.193. The summed E-state index contributed by atoms with van der Waals surface area (Å²) in [4.78, 5) is 18.8. The van der Waals surface area contributed by atoms with Gasteiger partial charge in [0.05, 0.1) is 6.04 Å². The summed E-state index contributed by atoms with van der Waals surface area (Å²) < 4.78 is 13.7. The predicted octanol–water partition coefficient (Wildman–Crippen LogP) is 6.76. The zero-order valence-corrected chi connectivity index (χ0v) is 18.6. The fourth-order valence-corrected chi connectivity index (χ4v) is 4.70. The first-order valence-electron chi connectivity index (χ1n) is 10.6. The lowest BCUT2D eigenvalue weighted by atomic mass is 9.92. The number of amides is 2. The number of hydrogen-bond donors (Lipinski definition) is 2. The Morgan fingerprint density at radius 2 is 1.88 bits per heavy atom. The van der Waals surface area contributed by atoms with E-state index in [1.165, 1.54) is 12.1 Å². The van der Waals surface area contributed by atoms with Crippen LogP contribution in [-0.2, 0) is 6.42 Å². The Hall–Kier alpha value is -3.31. The maximum atomic E-state index is 13.7. The molecular formula is C26H23ClFN3O. The van der Waals surface area contributed by atoms with Crippen LogP contribution in [0.4, 0.5) is 14.9 Å². The first-order valence-corrected chi connectivity index (χ1v) is 11.0. The number of halogens is 2. The third-order valence-electron chi connectivity index (χ3n) is 6.17. The highest BCUT2D eigenvalue weighted by molar-refractivity contribution is 6.31. The molecule has 1 atom stereocenters. The lowest BCUT2D eigenvalue weighted by Gasteiger charge is -2.36. The van der Waals surface area contributed by atoms with Gasteiger partial charge in [0, 0.05) is 33.9 Å². The molecule has 1 aliphatic heterocycles. The summed E-state index contributed by atoms with van der Waals surface area (Å²) in [6.07, 6.45) is 0.702. The van der Waals surface area contributed by atoms with Gasteiger partial charge in [-0.15, -0.1) is 0 Å². The highest BCUT2D eigenvalue weighted by Crippen LogP contribution is 2.39. The largest absolute Gasteiger partial charge is 0.356 e. The molecule has 1 aliphatic rings. The van der Waals surface area contributed by atoms with Crippen molar-refractivity contribution >= 4 is 34.2 Å². The molecule has 0 aliphatic carbocycles. The summed E-state index contributed by atoms with van der Waals surface area (Å²) >= 11 is 6.26. The quantitative estimate of drug-likeness (QED) is 0.350. The minimum absolute atomic E-state index is 0.185. The second-order valence-corrected chi connectivity index (χ2v) is 8.79. The number of anilines is 1. The van der Waals surface area contributed by atoms with Gasteiger partial charge in [-0.2, -0.15) is 0 Å². The van der Waals surface area contributed by atoms with Crippen molar-refractivity contribution in [1.82, 2.24) is 9.88 Å². The molecule has 2 N–H and O–H groups in total. The normalized spacial score (nSPS) is 15.6. The number of rotatable bonds is 2. The van der Waals surface area contributed by atoms with Crippen LogP contribution in [-0.4, -0.2) is 22.5 Å². The Balaban J connectivity index is 1.59. The summed E-state index contributed by atoms with van der Waals surface area (Å²) in [5.74, 6) is -0.306. The average Bonchev–Trinajstić information content (AvgIpc) is 3.14. The molecule has 0 spiro atoms. The van der Waals surface area contributed by atoms with Crippen LogP contribution in [0, 0.1) is 19.7 Å². The van der Waals surface area contributed by atoms with E-state index in [1.54, 1.807) is 12.1 Å². The molecule has 0 saturated heterocycles. The summed E-state index contributed by atoms with van der Waals surface area (Å²) in [5.41, 5.74) is 6.78. The SMILES string of the molecule is Cc1ccc(C)c(NC(=O)N2CCc3c([nH]c4ccc(Cl)cc34)[C@@H]2c2ccc(F)cc2)c1. The van der Waals surface area contributed by atoms with Crippen molar-refractivity contribution < 1.29 is 9.18 Å². The number of H-pyrrole nitrogens is 1. The van der Waals surface area contributed by atoms with Gasteiger partial charge in [0.2, 0.25) is 0 Å². The molecule has 4 aromatic rings. The van der Waals surface area contributed by atoms with E-state index in [9.17, 15) is 9.18 Å². The summed E-state index contributed by atoms with van der Waals surface area (Å²) in [6.45, 7) is 4.51. The number of aromatic nitrogens is 1. The van der Waals surface area contributed by atoms with Crippen LogP contribution < -0.4 is 5.32 Å². The van der Waals surface area contributed by atoms with E-state index in [4.69, 9.17) is 11.6 Å². The van der Waals surface area contributed by atoms with E-state index in [0.717, 1.165) is 44.5 Å². The van der Waals surface area contributed by atoms with E-state index < -0.39 is 0 Å². The number of fused-ring (bicyclic) bond motifs is 3. The molecule has 162 valence electrons. The van der Waals surface area contributed by atoms with Crippen LogP contribution >= 0.6 is 11.6 Å². The molecule has 4 nitrogen and oxygen atoms in total. The minimum atomic E-state index is -0.365. The van der Waals surface area contributed by atoms with E-state index in [0.29, 0.717) is 18.0 Å². The van der Waals surface area contributed by atoms with Gasteiger partial charge < -0.3 is 15.2 Å². The first-order chi connectivity index (χ1) is 15.4. The molecular weight excluding hydrogens is 425 g/mol. The zero-order valence-electron chi connectivity index (χ0n) is 17.9. The van der Waals surface area contributed by atoms with Gasteiger partial charge in [0.15, 0.2) is 0 Å². The van der Waals surface area contributed by atoms with Gasteiger partial charge in [-0.05, 0) is 78.9 Å². The Morgan fingerprint density at radius 3 is 2.66 bits per heavy atom. The molecule has 1 aromatic heterocycles. The maximum Gasteiger partial charge on any atom is 0.322 e. The highest BCUT2D eigenvalue weighted by Gasteiger charge is 2.34. The second kappa shape index (κ2) is 7.99. The molecule has 0 fully saturated rings. The molecule has 3 aromatic carbocycles. The monoisotopic (exact) mass is 447 g/mol. The van der Waals surface area contributed by atoms with Gasteiger partial charge in [0.1, 0.15) is 5.82 Å². The third-order valence-corrected chi connectivity index (χ3v) is 6.41. The van der Waals surface area contributed by atoms with Crippen LogP contribution in [0.15, 0.2) is 60.7 Å². The summed E-state index contributed by atoms with van der Waals surface area (Å²) in [7, 11) is 0. The van der Waals surface area contributed by atoms with E-state index in [1.807, 2.05) is 55.1 Å². The number of hydrogen-bond acceptors (Lipinski definition) is 1. The predicted molar refractivity (Wildman–Crippen MR) is 127 cm³/mol. The molecule has 6 heteroatoms. The number of urea groups is 1. The van der Waals surface area contributed by atoms with E-state index in [2.05, 4.69) is 10.3 Å². The van der Waals surface area contributed by atoms with Crippen molar-refractivity contribution in [3.63, 3.8) is 0 Å². The average molecular weight is 448 g/mol. The maximum absolute atomic E-state index is 13.7. The van der Waals surface area contributed by atoms with E-state index in [-0.39, 0.29) is 17.9 Å². The molecule has 2 amide bonds. The number of nitrogens with zero attached hydrogens (tertiary/aromatic N) is 1. The molecule has 5 rings (SSSR count). The van der Waals surface area contributed by atoms with Crippen LogP contribution in [0.5, 0.6) is 0 Å². The number of benzene rings is 3. The van der Waals surface area contributed by atoms with Crippen molar-refractivity contribution in [3.8, 4) is 0 Å². The van der Waals surface area contributed by atoms with Gasteiger partial charge in [-0.25, -0.2) is 9.18 Å². The van der Waals surface area contributed by atoms with E-state index >= 15 is 0 Å². The number of aryl methyl sites for hydroxylation is 2. The Kier molecular flexibility index (Phi) is 5.14. The third kappa shape index (κ3) is 3.63. The number of nitrogens with one attached hydrogen (secondary N) is 2. The van der Waals surface area contributed by atoms with Crippen LogP contribution in [0.3, 0.4) is 0 Å². The molecule has 0 saturated carbocycles. The van der Waals surface area contributed by atoms with Gasteiger partial charge >= 0.3 is 6.03 Å². The molecule has 32 heavy (non-hydrogen) atoms. The standard InChI is InChI=1S/C26H23ClFN3O/c1-15-3-4-16(2)23(13-15)30-26(32)31-12-11-20-21-14-18(27)7-10-22(21)29-24(20)25(31)17-5-8-19(28)9-6-17/h3-10,13-14,25,29H,11-12H2,1-2H3,(H,30,32)/t25-/m0/s1. The minimum Gasteiger partial charge on any atom is -0.356 e. The van der Waals surface area contributed by atoms with Crippen molar-refractivity contribution in [2.75, 3.05) is 11.9 Å². The van der Waals surface area contributed by atoms with Crippen molar-refractivity contribution in [3.05, 3.63) is 99.5 Å². The Bertz CT molecular complexity index is 1330. The first kappa shape index (κ1) is 20.6. The van der Waals surface area contributed by atoms with Crippen LogP contribution in [0.25, 0.3) is 10.9 Å². The smallest absolute Gasteiger partial charge is 0.322 e. The van der Waals surface area contributed by atoms with Gasteiger partial charge in [-0.3, -0.25) is 0 Å². The molecule has 0 bridgehead atoms. The Labute approximate surface area is 191 Å². The summed E-state index contributed by atoms with van der Waals surface area (Å²) in [5, 5.41) is 4.82. The topological polar surface area (TPSA) is 48.1 Å². The number of carbonyl (C=O) groups excluding carboxylic acids is 1. The van der Waals surface area contributed by atoms with Crippen molar-refractivity contribution in [2.45, 2.75) is 26.3 Å². The van der Waals surface area contributed by atoms with Crippen LogP contribution in [0.1, 0.15) is 34.0 Å². The number of carbonyl (C=O) groups is 1. The lowest BCUT2D eigenvalue weighted by Crippen LogP contribution is -2.43. The van der Waals surface area contributed by atoms with Gasteiger partial charge in [-0.1, -0.05) is 35.9 Å². The Morgan fingerprint density at radius 1 is 1.09 bits per heavy atom. The molecule has 2 heterocycles. The van der Waals surface area contributed by atoms with Crippen LogP contribution in [0.2, 0.25) is 5.02 Å². The van der Waals surface area contributed by atoms with Crippen molar-refractivity contribution in [1.29, 1.82) is 0 Å².